The number of nitrogens with zero attached hydrogens (tertiary/aromatic N) is 3. The summed E-state index contributed by atoms with van der Waals surface area (Å²) < 4.78 is 9.00. The monoisotopic (exact) mass is 594 g/mol. The predicted octanol–water partition coefficient (Wildman–Crippen LogP) is 4.65. The van der Waals surface area contributed by atoms with Crippen molar-refractivity contribution in [3.8, 4) is 11.4 Å². The van der Waals surface area contributed by atoms with E-state index in [9.17, 15) is 14.4 Å². The molecule has 0 unspecified atom stereocenters. The Morgan fingerprint density at radius 2 is 1.82 bits per heavy atom. The second-order valence-electron chi connectivity index (χ2n) is 8.79. The van der Waals surface area contributed by atoms with Gasteiger partial charge in [-0.2, -0.15) is 0 Å². The average molecular weight is 596 g/mol. The molecule has 2 amide bonds. The smallest absolute Gasteiger partial charge is 0.333 e. The Morgan fingerprint density at radius 3 is 2.55 bits per heavy atom. The lowest BCUT2D eigenvalue weighted by Crippen LogP contribution is -2.41. The largest absolute Gasteiger partial charge is 0.497 e. The molecule has 194 valence electrons. The van der Waals surface area contributed by atoms with E-state index in [2.05, 4.69) is 21.2 Å². The Labute approximate surface area is 232 Å². The molecular formula is C28H24BrClN4O4. The molecule has 0 atom stereocenters. The van der Waals surface area contributed by atoms with Crippen molar-refractivity contribution in [2.45, 2.75) is 19.6 Å². The van der Waals surface area contributed by atoms with Gasteiger partial charge in [0.2, 0.25) is 0 Å². The van der Waals surface area contributed by atoms with Crippen LogP contribution < -0.4 is 15.7 Å². The van der Waals surface area contributed by atoms with E-state index in [1.165, 1.54) is 11.7 Å². The minimum atomic E-state index is -0.413. The lowest BCUT2D eigenvalue weighted by atomic mass is 10.1. The van der Waals surface area contributed by atoms with Crippen LogP contribution in [0, 0.1) is 0 Å². The molecule has 1 N–H and O–H groups in total. The number of carbonyl (C=O) groups excluding carboxylic acids is 2. The molecule has 4 aromatic rings. The highest BCUT2D eigenvalue weighted by Crippen LogP contribution is 2.26. The zero-order valence-corrected chi connectivity index (χ0v) is 22.8. The van der Waals surface area contributed by atoms with Crippen molar-refractivity contribution in [2.24, 2.45) is 0 Å². The van der Waals surface area contributed by atoms with Crippen LogP contribution in [0.1, 0.15) is 32.1 Å². The van der Waals surface area contributed by atoms with Crippen molar-refractivity contribution >= 4 is 39.3 Å². The predicted molar refractivity (Wildman–Crippen MR) is 148 cm³/mol. The molecule has 1 aromatic heterocycles. The van der Waals surface area contributed by atoms with E-state index >= 15 is 0 Å². The van der Waals surface area contributed by atoms with E-state index in [0.717, 1.165) is 5.56 Å². The summed E-state index contributed by atoms with van der Waals surface area (Å²) in [5, 5.41) is 3.36. The van der Waals surface area contributed by atoms with Crippen LogP contribution in [0.4, 0.5) is 0 Å². The normalized spacial score (nSPS) is 12.7. The number of carbonyl (C=O) groups is 2. The molecule has 0 spiro atoms. The van der Waals surface area contributed by atoms with Crippen molar-refractivity contribution in [3.63, 3.8) is 0 Å². The number of aromatic nitrogens is 2. The van der Waals surface area contributed by atoms with E-state index in [1.807, 2.05) is 30.3 Å². The van der Waals surface area contributed by atoms with Crippen LogP contribution >= 0.6 is 27.5 Å². The van der Waals surface area contributed by atoms with Crippen molar-refractivity contribution < 1.29 is 14.3 Å². The van der Waals surface area contributed by atoms with Crippen molar-refractivity contribution in [3.05, 3.63) is 115 Å². The van der Waals surface area contributed by atoms with Gasteiger partial charge in [-0.05, 0) is 51.8 Å². The summed E-state index contributed by atoms with van der Waals surface area (Å²) in [6.45, 7) is 0.941. The molecule has 1 aliphatic heterocycles. The lowest BCUT2D eigenvalue weighted by molar-refractivity contribution is 0.0706. The molecule has 1 aliphatic rings. The molecule has 0 aliphatic carbocycles. The van der Waals surface area contributed by atoms with Crippen LogP contribution in [0.2, 0.25) is 5.02 Å². The zero-order valence-electron chi connectivity index (χ0n) is 20.5. The van der Waals surface area contributed by atoms with Gasteiger partial charge in [-0.1, -0.05) is 48.0 Å². The van der Waals surface area contributed by atoms with Gasteiger partial charge < -0.3 is 15.0 Å². The Morgan fingerprint density at radius 1 is 1.03 bits per heavy atom. The number of imidazole rings is 1. The first-order chi connectivity index (χ1) is 18.4. The van der Waals surface area contributed by atoms with Gasteiger partial charge >= 0.3 is 5.69 Å². The fourth-order valence-electron chi connectivity index (χ4n) is 4.53. The summed E-state index contributed by atoms with van der Waals surface area (Å²) in [4.78, 5) is 42.2. The molecule has 0 bridgehead atoms. The van der Waals surface area contributed by atoms with E-state index in [4.69, 9.17) is 16.3 Å². The summed E-state index contributed by atoms with van der Waals surface area (Å²) in [6, 6.07) is 21.5. The number of benzene rings is 3. The van der Waals surface area contributed by atoms with Gasteiger partial charge in [-0.25, -0.2) is 4.79 Å². The van der Waals surface area contributed by atoms with Gasteiger partial charge in [0.1, 0.15) is 11.4 Å². The minimum absolute atomic E-state index is 0.0901. The highest BCUT2D eigenvalue weighted by atomic mass is 79.9. The molecule has 5 rings (SSSR count). The number of methoxy groups -OCH3 is 1. The molecule has 0 radical (unpaired) electrons. The van der Waals surface area contributed by atoms with E-state index in [1.54, 1.807) is 51.9 Å². The summed E-state index contributed by atoms with van der Waals surface area (Å²) >= 11 is 9.56. The zero-order chi connectivity index (χ0) is 26.8. The Bertz CT molecular complexity index is 1580. The fourth-order valence-corrected chi connectivity index (χ4v) is 4.96. The first kappa shape index (κ1) is 25.8. The van der Waals surface area contributed by atoms with Crippen LogP contribution in [-0.2, 0) is 19.6 Å². The summed E-state index contributed by atoms with van der Waals surface area (Å²) in [5.74, 6) is -0.0930. The topological polar surface area (TPSA) is 85.6 Å². The van der Waals surface area contributed by atoms with Gasteiger partial charge in [0, 0.05) is 35.7 Å². The third-order valence-corrected chi connectivity index (χ3v) is 7.69. The Balaban J connectivity index is 1.55. The highest BCUT2D eigenvalue weighted by Gasteiger charge is 2.32. The van der Waals surface area contributed by atoms with Crippen molar-refractivity contribution in [2.75, 3.05) is 13.7 Å². The molecule has 0 fully saturated rings. The number of nitrogens with one attached hydrogen (secondary N) is 1. The molecule has 10 heteroatoms. The molecule has 38 heavy (non-hydrogen) atoms. The number of fused-ring (bicyclic) bond motifs is 1. The molecular weight excluding hydrogens is 572 g/mol. The second-order valence-corrected chi connectivity index (χ2v) is 10.1. The van der Waals surface area contributed by atoms with E-state index < -0.39 is 5.91 Å². The quantitative estimate of drug-likeness (QED) is 0.352. The number of amides is 2. The van der Waals surface area contributed by atoms with E-state index in [-0.39, 0.29) is 36.9 Å². The molecule has 3 aromatic carbocycles. The molecule has 0 saturated heterocycles. The first-order valence-corrected chi connectivity index (χ1v) is 13.1. The van der Waals surface area contributed by atoms with Gasteiger partial charge in [-0.3, -0.25) is 18.7 Å². The van der Waals surface area contributed by atoms with Crippen molar-refractivity contribution in [1.82, 2.24) is 19.4 Å². The summed E-state index contributed by atoms with van der Waals surface area (Å²) in [7, 11) is 1.54. The van der Waals surface area contributed by atoms with Crippen LogP contribution in [0.3, 0.4) is 0 Å². The maximum atomic E-state index is 13.6. The lowest BCUT2D eigenvalue weighted by Gasteiger charge is -2.28. The molecule has 0 saturated carbocycles. The van der Waals surface area contributed by atoms with Crippen LogP contribution in [0.25, 0.3) is 5.69 Å². The van der Waals surface area contributed by atoms with Crippen LogP contribution in [0.5, 0.6) is 5.75 Å². The Hall–Kier alpha value is -3.82. The maximum Gasteiger partial charge on any atom is 0.333 e. The fraction of sp³-hybridized carbons (Fsp3) is 0.179. The third-order valence-electron chi connectivity index (χ3n) is 6.46. The van der Waals surface area contributed by atoms with Crippen molar-refractivity contribution in [1.29, 1.82) is 0 Å². The third kappa shape index (κ3) is 4.99. The van der Waals surface area contributed by atoms with Gasteiger partial charge in [0.25, 0.3) is 11.8 Å². The first-order valence-electron chi connectivity index (χ1n) is 11.9. The standard InChI is InChI=1S/C28H24BrClN4O4/c1-38-21-9-5-8-20(15-21)34-25(26(35)31-16-18-6-3-2-4-7-18)24-17-32(12-13-33(24)28(34)37)27(36)19-10-11-22(29)23(30)14-19/h2-11,14-15H,12-13,16-17H2,1H3,(H,31,35). The second kappa shape index (κ2) is 10.9. The minimum Gasteiger partial charge on any atom is -0.497 e. The Kier molecular flexibility index (Phi) is 7.40. The molecule has 2 heterocycles. The van der Waals surface area contributed by atoms with Crippen LogP contribution in [0.15, 0.2) is 82.1 Å². The number of halogens is 2. The summed E-state index contributed by atoms with van der Waals surface area (Å²) in [6.07, 6.45) is 0. The average Bonchev–Trinajstić information content (AvgIpc) is 3.25. The SMILES string of the molecule is COc1cccc(-n2c(C(=O)NCc3ccccc3)c3n(c2=O)CCN(C(=O)c2ccc(Br)c(Cl)c2)C3)c1. The number of rotatable bonds is 6. The number of ether oxygens (including phenoxy) is 1. The maximum absolute atomic E-state index is 13.6. The molecule has 8 nitrogen and oxygen atoms in total. The van der Waals surface area contributed by atoms with Gasteiger partial charge in [0.05, 0.1) is 30.1 Å². The van der Waals surface area contributed by atoms with E-state index in [0.29, 0.717) is 38.7 Å². The van der Waals surface area contributed by atoms with Gasteiger partial charge in [0.15, 0.2) is 0 Å². The van der Waals surface area contributed by atoms with Crippen LogP contribution in [-0.4, -0.2) is 39.5 Å². The summed E-state index contributed by atoms with van der Waals surface area (Å²) in [5.41, 5.74) is 2.15. The highest BCUT2D eigenvalue weighted by molar-refractivity contribution is 9.10. The van der Waals surface area contributed by atoms with Gasteiger partial charge in [-0.15, -0.1) is 0 Å². The number of hydrogen-bond donors (Lipinski definition) is 1. The number of hydrogen-bond acceptors (Lipinski definition) is 4.